The summed E-state index contributed by atoms with van der Waals surface area (Å²) < 4.78 is 5.20. The molecule has 0 spiro atoms. The Morgan fingerprint density at radius 3 is 2.05 bits per heavy atom. The van der Waals surface area contributed by atoms with Crippen LogP contribution in [0.4, 0.5) is 0 Å². The highest BCUT2D eigenvalue weighted by atomic mass is 35.5. The van der Waals surface area contributed by atoms with Crippen molar-refractivity contribution < 1.29 is 19.4 Å². The van der Waals surface area contributed by atoms with Crippen LogP contribution in [0.5, 0.6) is 0 Å². The standard InChI is InChI=1S/C15H19ClO4/c1-14(2,3)20-12(17)9-15(4,13(18)19)10-5-7-11(16)8-6-10/h5-8H,9H2,1-4H3,(H,18,19). The van der Waals surface area contributed by atoms with Crippen LogP contribution in [-0.4, -0.2) is 22.6 Å². The zero-order valence-corrected chi connectivity index (χ0v) is 12.8. The second kappa shape index (κ2) is 5.83. The van der Waals surface area contributed by atoms with Crippen molar-refractivity contribution >= 4 is 23.5 Å². The number of hydrogen-bond donors (Lipinski definition) is 1. The van der Waals surface area contributed by atoms with Crippen LogP contribution < -0.4 is 0 Å². The Morgan fingerprint density at radius 2 is 1.65 bits per heavy atom. The van der Waals surface area contributed by atoms with E-state index in [-0.39, 0.29) is 6.42 Å². The number of hydrogen-bond acceptors (Lipinski definition) is 3. The molecule has 0 aromatic heterocycles. The van der Waals surface area contributed by atoms with Crippen LogP contribution in [0.1, 0.15) is 39.7 Å². The number of halogens is 1. The highest BCUT2D eigenvalue weighted by Gasteiger charge is 2.39. The van der Waals surface area contributed by atoms with Crippen LogP contribution in [0.2, 0.25) is 5.02 Å². The van der Waals surface area contributed by atoms with E-state index in [9.17, 15) is 14.7 Å². The van der Waals surface area contributed by atoms with Gasteiger partial charge in [0.1, 0.15) is 11.0 Å². The SMILES string of the molecule is CC(C)(C)OC(=O)CC(C)(C(=O)O)c1ccc(Cl)cc1. The molecule has 0 radical (unpaired) electrons. The monoisotopic (exact) mass is 298 g/mol. The van der Waals surface area contributed by atoms with Gasteiger partial charge in [-0.15, -0.1) is 0 Å². The lowest BCUT2D eigenvalue weighted by Gasteiger charge is -2.27. The molecule has 0 aliphatic heterocycles. The van der Waals surface area contributed by atoms with Gasteiger partial charge in [0.15, 0.2) is 0 Å². The van der Waals surface area contributed by atoms with Crippen molar-refractivity contribution in [2.75, 3.05) is 0 Å². The number of carboxylic acid groups (broad SMARTS) is 1. The number of esters is 1. The molecule has 4 nitrogen and oxygen atoms in total. The largest absolute Gasteiger partial charge is 0.481 e. The van der Waals surface area contributed by atoms with Gasteiger partial charge in [-0.2, -0.15) is 0 Å². The van der Waals surface area contributed by atoms with Gasteiger partial charge in [0.05, 0.1) is 6.42 Å². The molecular weight excluding hydrogens is 280 g/mol. The smallest absolute Gasteiger partial charge is 0.314 e. The van der Waals surface area contributed by atoms with E-state index < -0.39 is 23.0 Å². The number of aliphatic carboxylic acids is 1. The molecule has 0 heterocycles. The Morgan fingerprint density at radius 1 is 1.15 bits per heavy atom. The fourth-order valence-electron chi connectivity index (χ4n) is 1.79. The van der Waals surface area contributed by atoms with Crippen molar-refractivity contribution in [3.8, 4) is 0 Å². The van der Waals surface area contributed by atoms with Crippen molar-refractivity contribution in [1.29, 1.82) is 0 Å². The minimum Gasteiger partial charge on any atom is -0.481 e. The minimum atomic E-state index is -1.34. The number of ether oxygens (including phenoxy) is 1. The molecule has 1 aromatic rings. The summed E-state index contributed by atoms with van der Waals surface area (Å²) in [6, 6.07) is 6.43. The fraction of sp³-hybridized carbons (Fsp3) is 0.467. The Hall–Kier alpha value is -1.55. The van der Waals surface area contributed by atoms with Crippen molar-refractivity contribution in [3.63, 3.8) is 0 Å². The molecule has 20 heavy (non-hydrogen) atoms. The Bertz CT molecular complexity index is 502. The molecule has 0 amide bonds. The lowest BCUT2D eigenvalue weighted by Crippen LogP contribution is -2.37. The zero-order chi connectivity index (χ0) is 15.6. The van der Waals surface area contributed by atoms with Gasteiger partial charge in [0.25, 0.3) is 0 Å². The van der Waals surface area contributed by atoms with Crippen LogP contribution in [0, 0.1) is 0 Å². The summed E-state index contributed by atoms with van der Waals surface area (Å²) in [5, 5.41) is 9.97. The molecule has 0 fully saturated rings. The molecule has 1 aromatic carbocycles. The summed E-state index contributed by atoms with van der Waals surface area (Å²) in [5.41, 5.74) is -1.47. The van der Waals surface area contributed by atoms with Gasteiger partial charge in [-0.3, -0.25) is 9.59 Å². The lowest BCUT2D eigenvalue weighted by molar-refractivity contribution is -0.160. The number of benzene rings is 1. The van der Waals surface area contributed by atoms with Gasteiger partial charge < -0.3 is 9.84 Å². The van der Waals surface area contributed by atoms with Crippen molar-refractivity contribution in [3.05, 3.63) is 34.9 Å². The average Bonchev–Trinajstić information content (AvgIpc) is 2.26. The summed E-state index contributed by atoms with van der Waals surface area (Å²) in [6.45, 7) is 6.73. The second-order valence-electron chi connectivity index (χ2n) is 5.91. The summed E-state index contributed by atoms with van der Waals surface area (Å²) in [7, 11) is 0. The number of carbonyl (C=O) groups excluding carboxylic acids is 1. The normalized spacial score (nSPS) is 14.4. The third-order valence-corrected chi connectivity index (χ3v) is 3.12. The second-order valence-corrected chi connectivity index (χ2v) is 6.34. The zero-order valence-electron chi connectivity index (χ0n) is 12.1. The average molecular weight is 299 g/mol. The van der Waals surface area contributed by atoms with Crippen LogP contribution in [0.3, 0.4) is 0 Å². The van der Waals surface area contributed by atoms with Gasteiger partial charge in [0.2, 0.25) is 0 Å². The third-order valence-electron chi connectivity index (χ3n) is 2.87. The molecule has 5 heteroatoms. The first kappa shape index (κ1) is 16.5. The van der Waals surface area contributed by atoms with Gasteiger partial charge >= 0.3 is 11.9 Å². The van der Waals surface area contributed by atoms with Crippen molar-refractivity contribution in [2.45, 2.75) is 45.1 Å². The maximum Gasteiger partial charge on any atom is 0.314 e. The van der Waals surface area contributed by atoms with E-state index in [0.29, 0.717) is 10.6 Å². The number of carbonyl (C=O) groups is 2. The van der Waals surface area contributed by atoms with Gasteiger partial charge in [0, 0.05) is 5.02 Å². The molecule has 110 valence electrons. The molecule has 1 atom stereocenters. The Balaban J connectivity index is 3.01. The molecule has 0 aliphatic carbocycles. The molecule has 1 N–H and O–H groups in total. The van der Waals surface area contributed by atoms with E-state index in [1.807, 2.05) is 0 Å². The molecule has 0 bridgehead atoms. The quantitative estimate of drug-likeness (QED) is 0.865. The van der Waals surface area contributed by atoms with Crippen LogP contribution in [0.15, 0.2) is 24.3 Å². The summed E-state index contributed by atoms with van der Waals surface area (Å²) in [5.74, 6) is -1.62. The predicted molar refractivity (Wildman–Crippen MR) is 76.9 cm³/mol. The number of carboxylic acids is 1. The molecule has 0 saturated heterocycles. The topological polar surface area (TPSA) is 63.6 Å². The molecular formula is C15H19ClO4. The first-order valence-electron chi connectivity index (χ1n) is 6.26. The molecule has 0 saturated carbocycles. The highest BCUT2D eigenvalue weighted by Crippen LogP contribution is 2.30. The Kier molecular flexibility index (Phi) is 4.81. The maximum absolute atomic E-state index is 11.9. The Labute approximate surface area is 123 Å². The summed E-state index contributed by atoms with van der Waals surface area (Å²) in [4.78, 5) is 23.5. The molecule has 0 aliphatic rings. The van der Waals surface area contributed by atoms with Gasteiger partial charge in [-0.05, 0) is 45.4 Å². The third kappa shape index (κ3) is 4.23. The molecule has 1 rings (SSSR count). The first-order chi connectivity index (χ1) is 9.04. The summed E-state index contributed by atoms with van der Waals surface area (Å²) >= 11 is 5.80. The van der Waals surface area contributed by atoms with Crippen LogP contribution in [0.25, 0.3) is 0 Å². The minimum absolute atomic E-state index is 0.235. The van der Waals surface area contributed by atoms with E-state index in [4.69, 9.17) is 16.3 Å². The van der Waals surface area contributed by atoms with E-state index in [0.717, 1.165) is 0 Å². The summed E-state index contributed by atoms with van der Waals surface area (Å²) in [6.07, 6.45) is -0.235. The van der Waals surface area contributed by atoms with Gasteiger partial charge in [-0.1, -0.05) is 23.7 Å². The van der Waals surface area contributed by atoms with Gasteiger partial charge in [-0.25, -0.2) is 0 Å². The molecule has 1 unspecified atom stereocenters. The van der Waals surface area contributed by atoms with Crippen LogP contribution >= 0.6 is 11.6 Å². The van der Waals surface area contributed by atoms with E-state index >= 15 is 0 Å². The van der Waals surface area contributed by atoms with Crippen LogP contribution in [-0.2, 0) is 19.7 Å². The first-order valence-corrected chi connectivity index (χ1v) is 6.64. The predicted octanol–water partition coefficient (Wildman–Crippen LogP) is 3.41. The lowest BCUT2D eigenvalue weighted by atomic mass is 9.79. The highest BCUT2D eigenvalue weighted by molar-refractivity contribution is 6.30. The van der Waals surface area contributed by atoms with Crippen molar-refractivity contribution in [1.82, 2.24) is 0 Å². The fourth-order valence-corrected chi connectivity index (χ4v) is 1.91. The van der Waals surface area contributed by atoms with E-state index in [1.54, 1.807) is 45.0 Å². The van der Waals surface area contributed by atoms with E-state index in [2.05, 4.69) is 0 Å². The number of rotatable bonds is 4. The van der Waals surface area contributed by atoms with Crippen molar-refractivity contribution in [2.24, 2.45) is 0 Å². The maximum atomic E-state index is 11.9. The van der Waals surface area contributed by atoms with E-state index in [1.165, 1.54) is 6.92 Å².